The van der Waals surface area contributed by atoms with Crippen LogP contribution in [0.1, 0.15) is 35.6 Å². The molecule has 0 spiro atoms. The Morgan fingerprint density at radius 2 is 1.78 bits per heavy atom. The summed E-state index contributed by atoms with van der Waals surface area (Å²) in [6, 6.07) is 0. The number of alkyl halides is 3. The molecular weight excluding hydrogens is 451 g/mol. The molecule has 0 unspecified atom stereocenters. The Labute approximate surface area is 168 Å². The normalized spacial score (nSPS) is 11.9. The van der Waals surface area contributed by atoms with Gasteiger partial charge in [-0.15, -0.1) is 0 Å². The Morgan fingerprint density at radius 1 is 1.15 bits per heavy atom. The van der Waals surface area contributed by atoms with Gasteiger partial charge in [-0.05, 0) is 43.1 Å². The number of halogens is 5. The van der Waals surface area contributed by atoms with Crippen molar-refractivity contribution in [2.75, 3.05) is 6.54 Å². The summed E-state index contributed by atoms with van der Waals surface area (Å²) in [6.07, 6.45) is -3.88. The fourth-order valence-electron chi connectivity index (χ4n) is 2.57. The maximum absolute atomic E-state index is 12.8. The molecule has 0 saturated heterocycles. The Balaban J connectivity index is 1.78. The second kappa shape index (κ2) is 8.64. The molecule has 1 amide bonds. The lowest BCUT2D eigenvalue weighted by Gasteiger charge is -2.08. The van der Waals surface area contributed by atoms with E-state index in [9.17, 15) is 18.0 Å². The number of nitrogens with one attached hydrogen (secondary N) is 1. The minimum atomic E-state index is -4.58. The number of hydrogen-bond donors (Lipinski definition) is 1. The Kier molecular flexibility index (Phi) is 6.96. The zero-order valence-corrected chi connectivity index (χ0v) is 17.5. The lowest BCUT2D eigenvalue weighted by Crippen LogP contribution is -2.26. The maximum atomic E-state index is 12.8. The van der Waals surface area contributed by atoms with Crippen molar-refractivity contribution in [3.05, 3.63) is 32.3 Å². The van der Waals surface area contributed by atoms with Crippen molar-refractivity contribution in [2.45, 2.75) is 52.9 Å². The first kappa shape index (κ1) is 21.7. The summed E-state index contributed by atoms with van der Waals surface area (Å²) in [5, 5.41) is 10.2. The fourth-order valence-corrected chi connectivity index (χ4v) is 3.09. The van der Waals surface area contributed by atoms with Gasteiger partial charge in [-0.25, -0.2) is 0 Å². The molecule has 0 aliphatic rings. The van der Waals surface area contributed by atoms with Crippen LogP contribution in [0, 0.1) is 20.8 Å². The van der Waals surface area contributed by atoms with E-state index in [0.29, 0.717) is 19.5 Å². The van der Waals surface area contributed by atoms with Crippen molar-refractivity contribution >= 4 is 33.4 Å². The Hall–Kier alpha value is -1.55. The van der Waals surface area contributed by atoms with Gasteiger partial charge in [-0.3, -0.25) is 14.2 Å². The number of carbonyl (C=O) groups is 1. The first-order valence-corrected chi connectivity index (χ1v) is 9.45. The van der Waals surface area contributed by atoms with Crippen molar-refractivity contribution in [3.63, 3.8) is 0 Å². The number of aryl methyl sites for hydroxylation is 3. The average molecular weight is 471 g/mol. The lowest BCUT2D eigenvalue weighted by atomic mass is 10.3. The number of nitrogens with zero attached hydrogens (tertiary/aromatic N) is 4. The number of carbonyl (C=O) groups excluding carboxylic acids is 1. The van der Waals surface area contributed by atoms with E-state index in [1.54, 1.807) is 4.68 Å². The van der Waals surface area contributed by atoms with Gasteiger partial charge >= 0.3 is 6.18 Å². The van der Waals surface area contributed by atoms with Crippen molar-refractivity contribution in [1.82, 2.24) is 24.9 Å². The van der Waals surface area contributed by atoms with Crippen LogP contribution in [-0.2, 0) is 24.1 Å². The van der Waals surface area contributed by atoms with E-state index in [2.05, 4.69) is 31.4 Å². The van der Waals surface area contributed by atoms with E-state index in [1.807, 2.05) is 13.8 Å². The molecule has 27 heavy (non-hydrogen) atoms. The highest BCUT2D eigenvalue weighted by atomic mass is 79.9. The number of aromatic nitrogens is 4. The molecule has 6 nitrogen and oxygen atoms in total. The molecule has 2 aromatic rings. The van der Waals surface area contributed by atoms with Crippen LogP contribution in [0.5, 0.6) is 0 Å². The van der Waals surface area contributed by atoms with Crippen LogP contribution in [0.15, 0.2) is 4.47 Å². The number of rotatable bonds is 7. The highest BCUT2D eigenvalue weighted by Crippen LogP contribution is 2.35. The van der Waals surface area contributed by atoms with Crippen LogP contribution in [0.2, 0.25) is 5.02 Å². The molecule has 0 aliphatic heterocycles. The minimum absolute atomic E-state index is 0.148. The van der Waals surface area contributed by atoms with Crippen LogP contribution in [-0.4, -0.2) is 32.0 Å². The second-order valence-electron chi connectivity index (χ2n) is 6.13. The zero-order valence-electron chi connectivity index (χ0n) is 15.1. The summed E-state index contributed by atoms with van der Waals surface area (Å²) >= 11 is 9.14. The quantitative estimate of drug-likeness (QED) is 0.621. The lowest BCUT2D eigenvalue weighted by molar-refractivity contribution is -0.141. The van der Waals surface area contributed by atoms with E-state index in [4.69, 9.17) is 11.6 Å². The molecular formula is C16H20BrClF3N5O. The van der Waals surface area contributed by atoms with E-state index in [-0.39, 0.29) is 29.6 Å². The molecule has 0 saturated carbocycles. The molecule has 2 aromatic heterocycles. The standard InChI is InChI=1S/C16H20BrClF3N5O/c1-9-13(17)10(2)26(23-9)8-5-12(27)22-6-4-7-25-11(3)14(18)15(24-25)16(19,20)21/h4-8H2,1-3H3,(H,22,27). The van der Waals surface area contributed by atoms with E-state index in [1.165, 1.54) is 11.6 Å². The monoisotopic (exact) mass is 469 g/mol. The van der Waals surface area contributed by atoms with Gasteiger partial charge in [0.15, 0.2) is 5.69 Å². The van der Waals surface area contributed by atoms with Gasteiger partial charge in [0.2, 0.25) is 5.91 Å². The molecule has 1 N–H and O–H groups in total. The second-order valence-corrected chi connectivity index (χ2v) is 7.30. The first-order valence-electron chi connectivity index (χ1n) is 8.28. The summed E-state index contributed by atoms with van der Waals surface area (Å²) in [4.78, 5) is 11.9. The molecule has 11 heteroatoms. The van der Waals surface area contributed by atoms with Gasteiger partial charge in [0.1, 0.15) is 0 Å². The van der Waals surface area contributed by atoms with Crippen molar-refractivity contribution in [3.8, 4) is 0 Å². The van der Waals surface area contributed by atoms with Crippen LogP contribution < -0.4 is 5.32 Å². The SMILES string of the molecule is Cc1nn(CCC(=O)NCCCn2nc(C(F)(F)F)c(Cl)c2C)c(C)c1Br. The average Bonchev–Trinajstić information content (AvgIpc) is 3.01. The van der Waals surface area contributed by atoms with Gasteiger partial charge in [0.25, 0.3) is 0 Å². The smallest absolute Gasteiger partial charge is 0.356 e. The third-order valence-electron chi connectivity index (χ3n) is 4.11. The molecule has 0 bridgehead atoms. The maximum Gasteiger partial charge on any atom is 0.436 e. The predicted molar refractivity (Wildman–Crippen MR) is 98.6 cm³/mol. The summed E-state index contributed by atoms with van der Waals surface area (Å²) in [5.41, 5.74) is 0.985. The summed E-state index contributed by atoms with van der Waals surface area (Å²) in [5.74, 6) is -0.148. The molecule has 0 aliphatic carbocycles. The first-order chi connectivity index (χ1) is 12.5. The van der Waals surface area contributed by atoms with Gasteiger partial charge < -0.3 is 5.32 Å². The summed E-state index contributed by atoms with van der Waals surface area (Å²) in [7, 11) is 0. The van der Waals surface area contributed by atoms with Gasteiger partial charge in [0, 0.05) is 25.2 Å². The van der Waals surface area contributed by atoms with Crippen molar-refractivity contribution < 1.29 is 18.0 Å². The number of amides is 1. The third-order valence-corrected chi connectivity index (χ3v) is 5.71. The summed E-state index contributed by atoms with van der Waals surface area (Å²) < 4.78 is 42.3. The van der Waals surface area contributed by atoms with E-state index in [0.717, 1.165) is 15.9 Å². The minimum Gasteiger partial charge on any atom is -0.356 e. The van der Waals surface area contributed by atoms with Gasteiger partial charge in [-0.2, -0.15) is 23.4 Å². The molecule has 0 aromatic carbocycles. The largest absolute Gasteiger partial charge is 0.436 e. The van der Waals surface area contributed by atoms with Crippen LogP contribution >= 0.6 is 27.5 Å². The molecule has 2 rings (SSSR count). The number of hydrogen-bond acceptors (Lipinski definition) is 3. The van der Waals surface area contributed by atoms with Crippen LogP contribution in [0.25, 0.3) is 0 Å². The topological polar surface area (TPSA) is 64.7 Å². The van der Waals surface area contributed by atoms with E-state index < -0.39 is 11.9 Å². The Bertz CT molecular complexity index is 831. The Morgan fingerprint density at radius 3 is 2.30 bits per heavy atom. The van der Waals surface area contributed by atoms with Crippen LogP contribution in [0.4, 0.5) is 13.2 Å². The van der Waals surface area contributed by atoms with Crippen molar-refractivity contribution in [2.24, 2.45) is 0 Å². The molecule has 0 radical (unpaired) electrons. The van der Waals surface area contributed by atoms with Crippen molar-refractivity contribution in [1.29, 1.82) is 0 Å². The van der Waals surface area contributed by atoms with E-state index >= 15 is 0 Å². The van der Waals surface area contributed by atoms with Gasteiger partial charge in [0.05, 0.1) is 27.4 Å². The highest BCUT2D eigenvalue weighted by Gasteiger charge is 2.38. The molecule has 0 atom stereocenters. The fraction of sp³-hybridized carbons (Fsp3) is 0.562. The highest BCUT2D eigenvalue weighted by molar-refractivity contribution is 9.10. The molecule has 150 valence electrons. The third kappa shape index (κ3) is 5.25. The summed E-state index contributed by atoms with van der Waals surface area (Å²) in [6.45, 7) is 6.28. The molecule has 0 fully saturated rings. The van der Waals surface area contributed by atoms with Gasteiger partial charge in [-0.1, -0.05) is 11.6 Å². The predicted octanol–water partition coefficient (Wildman–Crippen LogP) is 4.04. The zero-order chi connectivity index (χ0) is 20.4. The molecule has 2 heterocycles. The van der Waals surface area contributed by atoms with Crippen LogP contribution in [0.3, 0.4) is 0 Å².